The van der Waals surface area contributed by atoms with Crippen LogP contribution in [0.5, 0.6) is 5.75 Å². The molecule has 3 N–H and O–H groups in total. The van der Waals surface area contributed by atoms with Crippen LogP contribution in [0, 0.1) is 5.82 Å². The number of nitrogen functional groups attached to an aromatic ring is 1. The van der Waals surface area contributed by atoms with Crippen LogP contribution < -0.4 is 15.8 Å². The molecule has 196 valence electrons. The summed E-state index contributed by atoms with van der Waals surface area (Å²) in [4.78, 5) is 30.5. The Labute approximate surface area is 224 Å². The maximum atomic E-state index is 15.0. The van der Waals surface area contributed by atoms with Gasteiger partial charge in [0.2, 0.25) is 5.91 Å². The van der Waals surface area contributed by atoms with Gasteiger partial charge in [-0.1, -0.05) is 17.7 Å². The number of aromatic nitrogens is 1. The van der Waals surface area contributed by atoms with E-state index in [-0.39, 0.29) is 30.0 Å². The molecule has 38 heavy (non-hydrogen) atoms. The van der Waals surface area contributed by atoms with Crippen molar-refractivity contribution in [3.8, 4) is 16.9 Å². The summed E-state index contributed by atoms with van der Waals surface area (Å²) < 4.78 is 26.2. The van der Waals surface area contributed by atoms with Crippen molar-refractivity contribution in [1.29, 1.82) is 0 Å². The molecule has 2 aliphatic heterocycles. The number of morpholine rings is 1. The molecule has 5 rings (SSSR count). The van der Waals surface area contributed by atoms with E-state index in [2.05, 4.69) is 10.3 Å². The molecule has 0 radical (unpaired) electrons. The maximum absolute atomic E-state index is 15.0. The average Bonchev–Trinajstić information content (AvgIpc) is 3.35. The van der Waals surface area contributed by atoms with Crippen LogP contribution in [0.3, 0.4) is 0 Å². The molecular weight excluding hydrogens is 511 g/mol. The third-order valence-electron chi connectivity index (χ3n) is 6.42. The van der Waals surface area contributed by atoms with Crippen LogP contribution in [0.2, 0.25) is 5.02 Å². The summed E-state index contributed by atoms with van der Waals surface area (Å²) in [6, 6.07) is 11.6. The fourth-order valence-corrected chi connectivity index (χ4v) is 4.72. The second kappa shape index (κ2) is 11.2. The Balaban J connectivity index is 1.22. The van der Waals surface area contributed by atoms with Crippen molar-refractivity contribution in [3.05, 3.63) is 82.3 Å². The number of benzene rings is 2. The highest BCUT2D eigenvalue weighted by Crippen LogP contribution is 2.39. The number of hydrogen-bond donors (Lipinski definition) is 2. The molecule has 3 aromatic rings. The van der Waals surface area contributed by atoms with Crippen molar-refractivity contribution in [2.45, 2.75) is 12.5 Å². The molecule has 8 nitrogen and oxygen atoms in total. The lowest BCUT2D eigenvalue weighted by atomic mass is 9.99. The molecule has 2 aromatic carbocycles. The van der Waals surface area contributed by atoms with Crippen molar-refractivity contribution in [1.82, 2.24) is 15.2 Å². The van der Waals surface area contributed by atoms with E-state index in [1.165, 1.54) is 18.2 Å². The molecular formula is C28H26ClFN4O4. The Kier molecular flexibility index (Phi) is 7.57. The normalized spacial score (nSPS) is 16.8. The largest absolute Gasteiger partial charge is 0.486 e. The van der Waals surface area contributed by atoms with E-state index >= 15 is 0 Å². The number of pyridine rings is 1. The van der Waals surface area contributed by atoms with Gasteiger partial charge < -0.3 is 25.4 Å². The number of carbonyl (C=O) groups excluding carboxylic acids is 2. The number of nitrogens with zero attached hydrogens (tertiary/aromatic N) is 2. The van der Waals surface area contributed by atoms with Crippen LogP contribution in [0.1, 0.15) is 21.5 Å². The van der Waals surface area contributed by atoms with Crippen LogP contribution in [-0.2, 0) is 16.0 Å². The zero-order chi connectivity index (χ0) is 26.6. The van der Waals surface area contributed by atoms with Crippen molar-refractivity contribution in [2.24, 2.45) is 0 Å². The lowest BCUT2D eigenvalue weighted by Gasteiger charge is -2.27. The summed E-state index contributed by atoms with van der Waals surface area (Å²) in [7, 11) is 0. The first-order valence-corrected chi connectivity index (χ1v) is 12.6. The molecule has 1 aromatic heterocycles. The smallest absolute Gasteiger partial charge is 0.256 e. The monoisotopic (exact) mass is 536 g/mol. The molecule has 1 saturated heterocycles. The first-order valence-electron chi connectivity index (χ1n) is 12.2. The Bertz CT molecular complexity index is 1390. The van der Waals surface area contributed by atoms with Gasteiger partial charge in [0.1, 0.15) is 23.5 Å². The molecule has 1 unspecified atom stereocenters. The predicted molar refractivity (Wildman–Crippen MR) is 142 cm³/mol. The minimum Gasteiger partial charge on any atom is -0.486 e. The predicted octanol–water partition coefficient (Wildman–Crippen LogP) is 3.73. The van der Waals surface area contributed by atoms with Gasteiger partial charge in [0.15, 0.2) is 0 Å². The number of anilines is 1. The number of carbonyl (C=O) groups is 2. The summed E-state index contributed by atoms with van der Waals surface area (Å²) in [5.74, 6) is -0.238. The van der Waals surface area contributed by atoms with Crippen molar-refractivity contribution in [3.63, 3.8) is 0 Å². The highest BCUT2D eigenvalue weighted by Gasteiger charge is 2.27. The highest BCUT2D eigenvalue weighted by atomic mass is 35.5. The number of nitrogens with one attached hydrogen (secondary N) is 1. The van der Waals surface area contributed by atoms with Gasteiger partial charge in [-0.15, -0.1) is 0 Å². The van der Waals surface area contributed by atoms with Gasteiger partial charge in [0.05, 0.1) is 30.3 Å². The van der Waals surface area contributed by atoms with E-state index in [9.17, 15) is 14.0 Å². The van der Waals surface area contributed by atoms with E-state index in [0.717, 1.165) is 11.1 Å². The fourth-order valence-electron chi connectivity index (χ4n) is 4.43. The van der Waals surface area contributed by atoms with Crippen molar-refractivity contribution < 1.29 is 23.5 Å². The zero-order valence-electron chi connectivity index (χ0n) is 20.5. The molecule has 2 amide bonds. The second-order valence-electron chi connectivity index (χ2n) is 9.08. The second-order valence-corrected chi connectivity index (χ2v) is 9.49. The maximum Gasteiger partial charge on any atom is 0.256 e. The third kappa shape index (κ3) is 5.79. The average molecular weight is 537 g/mol. The lowest BCUT2D eigenvalue weighted by molar-refractivity contribution is -0.116. The van der Waals surface area contributed by atoms with Gasteiger partial charge in [-0.2, -0.15) is 0 Å². The molecule has 2 aliphatic rings. The standard InChI is InChI=1S/C28H26ClFN4O4/c29-23-13-19(18-3-4-22(24(30)14-18)28(36)34-7-9-37-10-8-34)11-20-12-21(38-27(20)23)16-33-26(35)6-2-17-1-5-25(31)32-15-17/h1-6,11,13-15,21H,7-10,12,16H2,(H2,31,32)(H,33,35)/b6-2+. The molecule has 3 heterocycles. The molecule has 0 saturated carbocycles. The van der Waals surface area contributed by atoms with Crippen LogP contribution >= 0.6 is 11.6 Å². The zero-order valence-corrected chi connectivity index (χ0v) is 21.2. The number of rotatable bonds is 6. The topological polar surface area (TPSA) is 107 Å². The van der Waals surface area contributed by atoms with Crippen LogP contribution in [0.4, 0.5) is 10.2 Å². The number of ether oxygens (including phenoxy) is 2. The summed E-state index contributed by atoms with van der Waals surface area (Å²) >= 11 is 6.50. The summed E-state index contributed by atoms with van der Waals surface area (Å²) in [5.41, 5.74) is 8.54. The number of halogens is 2. The molecule has 10 heteroatoms. The molecule has 0 aliphatic carbocycles. The molecule has 1 fully saturated rings. The number of fused-ring (bicyclic) bond motifs is 1. The van der Waals surface area contributed by atoms with Crippen LogP contribution in [0.25, 0.3) is 17.2 Å². The lowest BCUT2D eigenvalue weighted by Crippen LogP contribution is -2.41. The van der Waals surface area contributed by atoms with Crippen molar-refractivity contribution >= 4 is 35.3 Å². The van der Waals surface area contributed by atoms with Gasteiger partial charge in [0, 0.05) is 37.3 Å². The highest BCUT2D eigenvalue weighted by molar-refractivity contribution is 6.32. The van der Waals surface area contributed by atoms with Crippen LogP contribution in [0.15, 0.2) is 54.7 Å². The van der Waals surface area contributed by atoms with E-state index < -0.39 is 5.82 Å². The van der Waals surface area contributed by atoms with Crippen molar-refractivity contribution in [2.75, 3.05) is 38.6 Å². The van der Waals surface area contributed by atoms with E-state index in [4.69, 9.17) is 26.8 Å². The Morgan fingerprint density at radius 1 is 1.16 bits per heavy atom. The molecule has 0 bridgehead atoms. The third-order valence-corrected chi connectivity index (χ3v) is 6.70. The number of nitrogens with two attached hydrogens (primary N) is 1. The van der Waals surface area contributed by atoms with Gasteiger partial charge in [-0.05, 0) is 59.2 Å². The molecule has 1 atom stereocenters. The summed E-state index contributed by atoms with van der Waals surface area (Å²) in [5, 5.41) is 3.22. The SMILES string of the molecule is Nc1ccc(/C=C/C(=O)NCC2Cc3cc(-c4ccc(C(=O)N5CCOCC5)c(F)c4)cc(Cl)c3O2)cn1. The molecule has 0 spiro atoms. The fraction of sp³-hybridized carbons (Fsp3) is 0.250. The van der Waals surface area contributed by atoms with E-state index in [1.54, 1.807) is 41.4 Å². The van der Waals surface area contributed by atoms with E-state index in [0.29, 0.717) is 60.4 Å². The van der Waals surface area contributed by atoms with Crippen LogP contribution in [-0.4, -0.2) is 60.7 Å². The van der Waals surface area contributed by atoms with Gasteiger partial charge in [0.25, 0.3) is 5.91 Å². The number of hydrogen-bond acceptors (Lipinski definition) is 6. The summed E-state index contributed by atoms with van der Waals surface area (Å²) in [6.45, 7) is 2.07. The number of amides is 2. The summed E-state index contributed by atoms with van der Waals surface area (Å²) in [6.07, 6.45) is 4.89. The minimum absolute atomic E-state index is 0.0313. The van der Waals surface area contributed by atoms with E-state index in [1.807, 2.05) is 6.07 Å². The minimum atomic E-state index is -0.588. The Morgan fingerprint density at radius 3 is 2.71 bits per heavy atom. The first kappa shape index (κ1) is 25.7. The first-order chi connectivity index (χ1) is 18.4. The van der Waals surface area contributed by atoms with Gasteiger partial charge >= 0.3 is 0 Å². The quantitative estimate of drug-likeness (QED) is 0.465. The Morgan fingerprint density at radius 2 is 1.97 bits per heavy atom. The van der Waals surface area contributed by atoms with Gasteiger partial charge in [-0.25, -0.2) is 9.37 Å². The Hall–Kier alpha value is -3.95. The van der Waals surface area contributed by atoms with Gasteiger partial charge in [-0.3, -0.25) is 9.59 Å².